The summed E-state index contributed by atoms with van der Waals surface area (Å²) in [5, 5.41) is 23.8. The lowest BCUT2D eigenvalue weighted by atomic mass is 9.98. The van der Waals surface area contributed by atoms with Crippen LogP contribution in [0, 0.1) is 0 Å². The van der Waals surface area contributed by atoms with Crippen LogP contribution in [0.5, 0.6) is 11.5 Å². The fraction of sp³-hybridized carbons (Fsp3) is 0.269. The Kier molecular flexibility index (Phi) is 6.32. The normalized spacial score (nSPS) is 15.4. The smallest absolute Gasteiger partial charge is 0.407 e. The zero-order chi connectivity index (χ0) is 23.7. The first-order valence-electron chi connectivity index (χ1n) is 11.1. The molecular formula is C26H24ClNO6. The van der Waals surface area contributed by atoms with Crippen molar-refractivity contribution in [2.24, 2.45) is 0 Å². The lowest BCUT2D eigenvalue weighted by molar-refractivity contribution is 0.0136. The van der Waals surface area contributed by atoms with Gasteiger partial charge in [-0.05, 0) is 34.7 Å². The van der Waals surface area contributed by atoms with Crippen LogP contribution in [0.25, 0.3) is 11.1 Å². The van der Waals surface area contributed by atoms with E-state index in [1.165, 1.54) is 0 Å². The molecule has 0 fully saturated rings. The molecule has 176 valence electrons. The maximum atomic E-state index is 12.3. The van der Waals surface area contributed by atoms with E-state index in [0.717, 1.165) is 22.3 Å². The van der Waals surface area contributed by atoms with Crippen LogP contribution in [0.15, 0.2) is 60.7 Å². The summed E-state index contributed by atoms with van der Waals surface area (Å²) in [4.78, 5) is 12.3. The standard InChI is InChI=1S/C26H24ClNO6/c27-21-12-24-23(33-14-34-24)11-19(21)25(30)22(29)9-10-28-26(31)32-13-20-17-7-3-1-5-15(17)16-6-2-4-8-18(16)20/h1-8,11-12,20,22,25,29-30H,9-10,13-14H2,(H,28,31). The highest BCUT2D eigenvalue weighted by molar-refractivity contribution is 6.31. The largest absolute Gasteiger partial charge is 0.454 e. The molecule has 8 heteroatoms. The molecule has 1 heterocycles. The van der Waals surface area contributed by atoms with Crippen LogP contribution < -0.4 is 14.8 Å². The van der Waals surface area contributed by atoms with Crippen LogP contribution in [-0.4, -0.2) is 42.4 Å². The Labute approximate surface area is 201 Å². The summed E-state index contributed by atoms with van der Waals surface area (Å²) in [6.45, 7) is 0.409. The molecule has 5 rings (SSSR count). The molecule has 0 radical (unpaired) electrons. The minimum Gasteiger partial charge on any atom is -0.454 e. The average Bonchev–Trinajstić information content (AvgIpc) is 3.43. The predicted molar refractivity (Wildman–Crippen MR) is 126 cm³/mol. The van der Waals surface area contributed by atoms with Gasteiger partial charge < -0.3 is 29.7 Å². The summed E-state index contributed by atoms with van der Waals surface area (Å²) in [5.74, 6) is 0.925. The third-order valence-corrected chi connectivity index (χ3v) is 6.56. The number of fused-ring (bicyclic) bond motifs is 4. The molecule has 2 atom stereocenters. The number of carbonyl (C=O) groups is 1. The number of hydrogen-bond donors (Lipinski definition) is 3. The number of benzene rings is 3. The van der Waals surface area contributed by atoms with Gasteiger partial charge in [0.05, 0.1) is 11.1 Å². The maximum Gasteiger partial charge on any atom is 0.407 e. The Morgan fingerprint density at radius 1 is 1.03 bits per heavy atom. The molecule has 3 aromatic carbocycles. The van der Waals surface area contributed by atoms with E-state index in [-0.39, 0.29) is 37.3 Å². The topological polar surface area (TPSA) is 97.3 Å². The Bertz CT molecular complexity index is 1170. The zero-order valence-corrected chi connectivity index (χ0v) is 19.0. The number of ether oxygens (including phenoxy) is 3. The van der Waals surface area contributed by atoms with Crippen LogP contribution in [0.4, 0.5) is 4.79 Å². The van der Waals surface area contributed by atoms with Gasteiger partial charge in [0.2, 0.25) is 6.79 Å². The van der Waals surface area contributed by atoms with Crippen molar-refractivity contribution in [1.82, 2.24) is 5.32 Å². The lowest BCUT2D eigenvalue weighted by Crippen LogP contribution is -2.30. The summed E-state index contributed by atoms with van der Waals surface area (Å²) in [7, 11) is 0. The van der Waals surface area contributed by atoms with Crippen molar-refractivity contribution in [3.8, 4) is 22.6 Å². The molecule has 3 aromatic rings. The molecule has 7 nitrogen and oxygen atoms in total. The number of rotatable bonds is 7. The van der Waals surface area contributed by atoms with Crippen LogP contribution in [0.3, 0.4) is 0 Å². The Morgan fingerprint density at radius 3 is 2.32 bits per heavy atom. The molecule has 2 aliphatic rings. The van der Waals surface area contributed by atoms with Gasteiger partial charge in [-0.25, -0.2) is 4.79 Å². The quantitative estimate of drug-likeness (QED) is 0.463. The van der Waals surface area contributed by atoms with E-state index in [4.69, 9.17) is 25.8 Å². The number of nitrogens with one attached hydrogen (secondary N) is 1. The first kappa shape index (κ1) is 22.5. The molecule has 0 bridgehead atoms. The summed E-state index contributed by atoms with van der Waals surface area (Å²) in [6, 6.07) is 19.3. The van der Waals surface area contributed by atoms with Crippen molar-refractivity contribution in [1.29, 1.82) is 0 Å². The molecule has 0 saturated heterocycles. The van der Waals surface area contributed by atoms with E-state index in [1.54, 1.807) is 12.1 Å². The highest BCUT2D eigenvalue weighted by Crippen LogP contribution is 2.44. The fourth-order valence-electron chi connectivity index (χ4n) is 4.50. The van der Waals surface area contributed by atoms with Crippen LogP contribution in [0.2, 0.25) is 5.02 Å². The molecular weight excluding hydrogens is 458 g/mol. The molecule has 0 aromatic heterocycles. The van der Waals surface area contributed by atoms with Gasteiger partial charge >= 0.3 is 6.09 Å². The van der Waals surface area contributed by atoms with Crippen molar-refractivity contribution in [2.45, 2.75) is 24.5 Å². The summed E-state index contributed by atoms with van der Waals surface area (Å²) in [6.07, 6.45) is -2.86. The Morgan fingerprint density at radius 2 is 1.65 bits per heavy atom. The first-order chi connectivity index (χ1) is 16.5. The predicted octanol–water partition coefficient (Wildman–Crippen LogP) is 4.39. The van der Waals surface area contributed by atoms with Gasteiger partial charge in [0.1, 0.15) is 12.7 Å². The second kappa shape index (κ2) is 9.54. The third-order valence-electron chi connectivity index (χ3n) is 6.23. The molecule has 1 aliphatic heterocycles. The van der Waals surface area contributed by atoms with E-state index < -0.39 is 18.3 Å². The minimum atomic E-state index is -1.24. The minimum absolute atomic E-state index is 0.0290. The van der Waals surface area contributed by atoms with E-state index in [2.05, 4.69) is 29.6 Å². The molecule has 0 saturated carbocycles. The summed E-state index contributed by atoms with van der Waals surface area (Å²) >= 11 is 6.21. The number of aliphatic hydroxyl groups excluding tert-OH is 2. The average molecular weight is 482 g/mol. The van der Waals surface area contributed by atoms with Crippen LogP contribution in [0.1, 0.15) is 35.1 Å². The van der Waals surface area contributed by atoms with E-state index >= 15 is 0 Å². The SMILES string of the molecule is O=C(NCCC(O)C(O)c1cc2c(cc1Cl)OCO2)OCC1c2ccccc2-c2ccccc21. The van der Waals surface area contributed by atoms with Crippen LogP contribution >= 0.6 is 11.6 Å². The van der Waals surface area contributed by atoms with E-state index in [9.17, 15) is 15.0 Å². The molecule has 2 unspecified atom stereocenters. The van der Waals surface area contributed by atoms with Gasteiger partial charge in [-0.2, -0.15) is 0 Å². The number of alkyl carbamates (subject to hydrolysis) is 1. The molecule has 0 spiro atoms. The highest BCUT2D eigenvalue weighted by atomic mass is 35.5. The van der Waals surface area contributed by atoms with Crippen molar-refractivity contribution in [3.05, 3.63) is 82.4 Å². The fourth-order valence-corrected chi connectivity index (χ4v) is 4.76. The number of aliphatic hydroxyl groups is 2. The number of amides is 1. The second-order valence-corrected chi connectivity index (χ2v) is 8.69. The van der Waals surface area contributed by atoms with Crippen molar-refractivity contribution < 1.29 is 29.2 Å². The second-order valence-electron chi connectivity index (χ2n) is 8.28. The monoisotopic (exact) mass is 481 g/mol. The maximum absolute atomic E-state index is 12.3. The number of carbonyl (C=O) groups excluding carboxylic acids is 1. The van der Waals surface area contributed by atoms with Crippen LogP contribution in [-0.2, 0) is 4.74 Å². The highest BCUT2D eigenvalue weighted by Gasteiger charge is 2.29. The number of halogens is 1. The van der Waals surface area contributed by atoms with Crippen molar-refractivity contribution >= 4 is 17.7 Å². The Balaban J connectivity index is 1.13. The van der Waals surface area contributed by atoms with Crippen molar-refractivity contribution in [2.75, 3.05) is 19.9 Å². The summed E-state index contributed by atoms with van der Waals surface area (Å²) < 4.78 is 16.0. The lowest BCUT2D eigenvalue weighted by Gasteiger charge is -2.20. The molecule has 3 N–H and O–H groups in total. The van der Waals surface area contributed by atoms with E-state index in [0.29, 0.717) is 17.1 Å². The van der Waals surface area contributed by atoms with Gasteiger partial charge in [-0.3, -0.25) is 0 Å². The molecule has 34 heavy (non-hydrogen) atoms. The molecule has 1 aliphatic carbocycles. The van der Waals surface area contributed by atoms with Gasteiger partial charge in [-0.1, -0.05) is 60.1 Å². The first-order valence-corrected chi connectivity index (χ1v) is 11.4. The van der Waals surface area contributed by atoms with E-state index in [1.807, 2.05) is 24.3 Å². The van der Waals surface area contributed by atoms with Gasteiger partial charge in [0, 0.05) is 24.1 Å². The molecule has 1 amide bonds. The number of hydrogen-bond acceptors (Lipinski definition) is 6. The van der Waals surface area contributed by atoms with Gasteiger partial charge in [0.25, 0.3) is 0 Å². The Hall–Kier alpha value is -3.26. The zero-order valence-electron chi connectivity index (χ0n) is 18.2. The van der Waals surface area contributed by atoms with Gasteiger partial charge in [-0.15, -0.1) is 0 Å². The van der Waals surface area contributed by atoms with Crippen molar-refractivity contribution in [3.63, 3.8) is 0 Å². The van der Waals surface area contributed by atoms with Gasteiger partial charge in [0.15, 0.2) is 11.5 Å². The summed E-state index contributed by atoms with van der Waals surface area (Å²) in [5.41, 5.74) is 4.92. The third kappa shape index (κ3) is 4.30.